The van der Waals surface area contributed by atoms with Gasteiger partial charge in [0.1, 0.15) is 19.3 Å². The predicted molar refractivity (Wildman–Crippen MR) is 144 cm³/mol. The van der Waals surface area contributed by atoms with Crippen molar-refractivity contribution >= 4 is 23.9 Å². The van der Waals surface area contributed by atoms with Gasteiger partial charge in [0.25, 0.3) is 0 Å². The largest absolute Gasteiger partial charge is 0.463 e. The Hall–Kier alpha value is -4.61. The summed E-state index contributed by atoms with van der Waals surface area (Å²) in [5.74, 6) is -2.96. The molecule has 1 aliphatic heterocycles. The number of hydrogen-bond donors (Lipinski definition) is 0. The normalized spacial score (nSPS) is 21.5. The van der Waals surface area contributed by atoms with Crippen molar-refractivity contribution in [3.05, 3.63) is 108 Å². The molecule has 0 saturated carbocycles. The van der Waals surface area contributed by atoms with Crippen LogP contribution in [-0.2, 0) is 33.2 Å². The van der Waals surface area contributed by atoms with Crippen molar-refractivity contribution in [3.8, 4) is 0 Å². The Balaban J connectivity index is 1.62. The molecular weight excluding hydrogens is 551 g/mol. The van der Waals surface area contributed by atoms with Gasteiger partial charge in [0.2, 0.25) is 6.36 Å². The molecule has 3 aromatic rings. The Morgan fingerprint density at radius 2 is 1.12 bits per heavy atom. The molecule has 0 amide bonds. The third kappa shape index (κ3) is 8.21. The Morgan fingerprint density at radius 3 is 1.62 bits per heavy atom. The fourth-order valence-electron chi connectivity index (χ4n) is 4.17. The maximum atomic E-state index is 15.5. The standard InChI is InChI=1S/C31H29FO10/c1-20(33)37-17-18-38-27-26(42-31(36)23-15-9-4-10-16-23)25(41-30(35)22-13-7-3-8-14-22)24(40-28(27)32)19-39-29(34)21-11-5-2-6-12-21/h2-16,24-28H,17-19H2,1H3/t24-,25-,26+,27-,28+/m1/s1. The zero-order chi connectivity index (χ0) is 29.9. The highest BCUT2D eigenvalue weighted by molar-refractivity contribution is 5.91. The highest BCUT2D eigenvalue weighted by atomic mass is 19.1. The second kappa shape index (κ2) is 14.9. The van der Waals surface area contributed by atoms with Crippen LogP contribution in [0, 0.1) is 0 Å². The zero-order valence-electron chi connectivity index (χ0n) is 22.6. The quantitative estimate of drug-likeness (QED) is 0.187. The molecule has 11 heteroatoms. The van der Waals surface area contributed by atoms with Gasteiger partial charge in [0, 0.05) is 6.92 Å². The first-order valence-corrected chi connectivity index (χ1v) is 13.1. The van der Waals surface area contributed by atoms with Crippen LogP contribution < -0.4 is 0 Å². The van der Waals surface area contributed by atoms with Gasteiger partial charge in [-0.25, -0.2) is 18.8 Å². The zero-order valence-corrected chi connectivity index (χ0v) is 22.6. The third-order valence-electron chi connectivity index (χ3n) is 6.17. The van der Waals surface area contributed by atoms with Crippen LogP contribution in [0.1, 0.15) is 38.0 Å². The van der Waals surface area contributed by atoms with Crippen LogP contribution >= 0.6 is 0 Å². The van der Waals surface area contributed by atoms with Crippen LogP contribution in [0.25, 0.3) is 0 Å². The average molecular weight is 581 g/mol. The first kappa shape index (κ1) is 30.4. The highest BCUT2D eigenvalue weighted by Gasteiger charge is 2.52. The molecule has 10 nitrogen and oxygen atoms in total. The Labute approximate surface area is 241 Å². The summed E-state index contributed by atoms with van der Waals surface area (Å²) in [6, 6.07) is 24.0. The van der Waals surface area contributed by atoms with E-state index in [0.717, 1.165) is 0 Å². The topological polar surface area (TPSA) is 124 Å². The molecule has 42 heavy (non-hydrogen) atoms. The Bertz CT molecular complexity index is 1340. The minimum Gasteiger partial charge on any atom is -0.463 e. The van der Waals surface area contributed by atoms with Gasteiger partial charge in [-0.1, -0.05) is 54.6 Å². The van der Waals surface area contributed by atoms with E-state index in [9.17, 15) is 19.2 Å². The number of halogens is 1. The molecule has 220 valence electrons. The Morgan fingerprint density at radius 1 is 0.643 bits per heavy atom. The molecule has 0 bridgehead atoms. The summed E-state index contributed by atoms with van der Waals surface area (Å²) >= 11 is 0. The summed E-state index contributed by atoms with van der Waals surface area (Å²) in [4.78, 5) is 50.0. The second-order valence-corrected chi connectivity index (χ2v) is 9.14. The van der Waals surface area contributed by atoms with E-state index in [1.54, 1.807) is 54.6 Å². The number of carbonyl (C=O) groups excluding carboxylic acids is 4. The van der Waals surface area contributed by atoms with Gasteiger partial charge in [-0.05, 0) is 36.4 Å². The SMILES string of the molecule is CC(=O)OCCO[C@@H]1[C@@H](OC(=O)c2ccccc2)[C@H](OC(=O)c2ccccc2)[C@@H](COC(=O)c2ccccc2)O[C@@H]1F. The first-order chi connectivity index (χ1) is 20.3. The lowest BCUT2D eigenvalue weighted by Gasteiger charge is -2.42. The lowest BCUT2D eigenvalue weighted by Crippen LogP contribution is -2.61. The van der Waals surface area contributed by atoms with Crippen molar-refractivity contribution in [1.29, 1.82) is 0 Å². The van der Waals surface area contributed by atoms with Crippen molar-refractivity contribution in [3.63, 3.8) is 0 Å². The van der Waals surface area contributed by atoms with Gasteiger partial charge in [0.05, 0.1) is 23.3 Å². The minimum absolute atomic E-state index is 0.151. The van der Waals surface area contributed by atoms with Crippen molar-refractivity contribution in [2.75, 3.05) is 19.8 Å². The maximum Gasteiger partial charge on any atom is 0.338 e. The number of carbonyl (C=O) groups is 4. The summed E-state index contributed by atoms with van der Waals surface area (Å²) in [5, 5.41) is 0. The maximum absolute atomic E-state index is 15.5. The summed E-state index contributed by atoms with van der Waals surface area (Å²) in [5.41, 5.74) is 0.556. The summed E-state index contributed by atoms with van der Waals surface area (Å²) in [7, 11) is 0. The molecular formula is C31H29FO10. The average Bonchev–Trinajstić information content (AvgIpc) is 3.01. The molecule has 3 aromatic carbocycles. The number of hydrogen-bond acceptors (Lipinski definition) is 10. The lowest BCUT2D eigenvalue weighted by molar-refractivity contribution is -0.273. The van der Waals surface area contributed by atoms with Crippen molar-refractivity contribution in [2.45, 2.75) is 37.7 Å². The minimum atomic E-state index is -2.21. The van der Waals surface area contributed by atoms with Crippen LogP contribution in [0.15, 0.2) is 91.0 Å². The first-order valence-electron chi connectivity index (χ1n) is 13.1. The van der Waals surface area contributed by atoms with Crippen molar-refractivity contribution in [1.82, 2.24) is 0 Å². The molecule has 4 rings (SSSR count). The van der Waals surface area contributed by atoms with E-state index in [1.165, 1.54) is 43.3 Å². The smallest absolute Gasteiger partial charge is 0.338 e. The molecule has 0 radical (unpaired) electrons. The molecule has 1 fully saturated rings. The van der Waals surface area contributed by atoms with E-state index in [4.69, 9.17) is 28.4 Å². The van der Waals surface area contributed by atoms with Crippen molar-refractivity contribution < 1.29 is 52.0 Å². The van der Waals surface area contributed by atoms with E-state index in [0.29, 0.717) is 0 Å². The van der Waals surface area contributed by atoms with Gasteiger partial charge in [-0.15, -0.1) is 0 Å². The molecule has 0 N–H and O–H groups in total. The van der Waals surface area contributed by atoms with E-state index < -0.39 is 61.3 Å². The van der Waals surface area contributed by atoms with Crippen LogP contribution in [0.4, 0.5) is 4.39 Å². The fourth-order valence-corrected chi connectivity index (χ4v) is 4.17. The molecule has 1 heterocycles. The van der Waals surface area contributed by atoms with Crippen LogP contribution in [0.3, 0.4) is 0 Å². The molecule has 0 aliphatic carbocycles. The van der Waals surface area contributed by atoms with E-state index in [-0.39, 0.29) is 29.9 Å². The molecule has 0 spiro atoms. The summed E-state index contributed by atoms with van der Waals surface area (Å²) in [6.45, 7) is 0.165. The van der Waals surface area contributed by atoms with E-state index in [2.05, 4.69) is 0 Å². The molecule has 1 aliphatic rings. The fraction of sp³-hybridized carbons (Fsp3) is 0.290. The predicted octanol–water partition coefficient (Wildman–Crippen LogP) is 3.94. The van der Waals surface area contributed by atoms with Gasteiger partial charge < -0.3 is 28.4 Å². The lowest BCUT2D eigenvalue weighted by atomic mass is 9.98. The summed E-state index contributed by atoms with van der Waals surface area (Å²) in [6.07, 6.45) is -8.21. The highest BCUT2D eigenvalue weighted by Crippen LogP contribution is 2.31. The molecule has 0 aromatic heterocycles. The molecule has 1 saturated heterocycles. The van der Waals surface area contributed by atoms with Crippen LogP contribution in [0.2, 0.25) is 0 Å². The van der Waals surface area contributed by atoms with Gasteiger partial charge in [-0.3, -0.25) is 4.79 Å². The monoisotopic (exact) mass is 580 g/mol. The number of rotatable bonds is 11. The number of esters is 4. The number of benzene rings is 3. The number of ether oxygens (including phenoxy) is 6. The van der Waals surface area contributed by atoms with E-state index >= 15 is 4.39 Å². The third-order valence-corrected chi connectivity index (χ3v) is 6.17. The number of alkyl halides is 1. The van der Waals surface area contributed by atoms with Gasteiger partial charge in [-0.2, -0.15) is 0 Å². The Kier molecular flexibility index (Phi) is 10.7. The summed E-state index contributed by atoms with van der Waals surface area (Å²) < 4.78 is 48.3. The van der Waals surface area contributed by atoms with Gasteiger partial charge in [0.15, 0.2) is 18.3 Å². The second-order valence-electron chi connectivity index (χ2n) is 9.14. The van der Waals surface area contributed by atoms with Crippen LogP contribution in [-0.4, -0.2) is 74.5 Å². The molecule has 5 atom stereocenters. The van der Waals surface area contributed by atoms with Crippen LogP contribution in [0.5, 0.6) is 0 Å². The van der Waals surface area contributed by atoms with E-state index in [1.807, 2.05) is 0 Å². The van der Waals surface area contributed by atoms with Gasteiger partial charge >= 0.3 is 23.9 Å². The van der Waals surface area contributed by atoms with Crippen molar-refractivity contribution in [2.24, 2.45) is 0 Å². The molecule has 0 unspecified atom stereocenters.